The summed E-state index contributed by atoms with van der Waals surface area (Å²) >= 11 is 0. The van der Waals surface area contributed by atoms with E-state index in [0.29, 0.717) is 6.04 Å². The van der Waals surface area contributed by atoms with Crippen molar-refractivity contribution in [2.45, 2.75) is 58.2 Å². The molecule has 0 aliphatic carbocycles. The number of carbonyl (C=O) groups is 1. The summed E-state index contributed by atoms with van der Waals surface area (Å²) in [6.45, 7) is 8.19. The molecule has 1 saturated heterocycles. The zero-order valence-electron chi connectivity index (χ0n) is 11.6. The fraction of sp³-hybridized carbons (Fsp3) is 0.923. The lowest BCUT2D eigenvalue weighted by atomic mass is 10.0. The molecule has 4 heteroatoms. The van der Waals surface area contributed by atoms with Crippen molar-refractivity contribution in [2.24, 2.45) is 0 Å². The first-order valence-electron chi connectivity index (χ1n) is 6.80. The molecule has 0 aromatic heterocycles. The van der Waals surface area contributed by atoms with Crippen molar-refractivity contribution in [2.75, 3.05) is 20.1 Å². The van der Waals surface area contributed by atoms with E-state index in [0.717, 1.165) is 32.4 Å². The Labute approximate surface area is 105 Å². The molecular weight excluding hydrogens is 214 g/mol. The maximum absolute atomic E-state index is 12.0. The van der Waals surface area contributed by atoms with Crippen molar-refractivity contribution in [1.29, 1.82) is 0 Å². The number of piperidine rings is 1. The molecule has 0 saturated carbocycles. The number of carbonyl (C=O) groups excluding carboxylic acids is 1. The lowest BCUT2D eigenvalue weighted by Crippen LogP contribution is -2.51. The summed E-state index contributed by atoms with van der Waals surface area (Å²) in [6, 6.07) is 0.901. The quantitative estimate of drug-likeness (QED) is 0.754. The molecule has 1 aliphatic rings. The van der Waals surface area contributed by atoms with Gasteiger partial charge in [-0.15, -0.1) is 0 Å². The van der Waals surface area contributed by atoms with E-state index in [1.807, 2.05) is 14.0 Å². The van der Waals surface area contributed by atoms with Gasteiger partial charge >= 0.3 is 0 Å². The summed E-state index contributed by atoms with van der Waals surface area (Å²) in [7, 11) is 2.01. The minimum atomic E-state index is 0.00167. The molecule has 100 valence electrons. The van der Waals surface area contributed by atoms with E-state index in [9.17, 15) is 4.79 Å². The van der Waals surface area contributed by atoms with Gasteiger partial charge in [-0.1, -0.05) is 6.92 Å². The predicted octanol–water partition coefficient (Wildman–Crippen LogP) is 0.973. The number of hydrogen-bond acceptors (Lipinski definition) is 3. The molecule has 2 atom stereocenters. The van der Waals surface area contributed by atoms with Gasteiger partial charge in [0.15, 0.2) is 0 Å². The van der Waals surface area contributed by atoms with Crippen LogP contribution in [0, 0.1) is 0 Å². The third kappa shape index (κ3) is 4.28. The smallest absolute Gasteiger partial charge is 0.237 e. The highest BCUT2D eigenvalue weighted by atomic mass is 16.2. The van der Waals surface area contributed by atoms with E-state index in [-0.39, 0.29) is 18.0 Å². The Morgan fingerprint density at radius 2 is 1.94 bits per heavy atom. The van der Waals surface area contributed by atoms with E-state index in [1.54, 1.807) is 0 Å². The zero-order chi connectivity index (χ0) is 12.8. The maximum Gasteiger partial charge on any atom is 0.237 e. The maximum atomic E-state index is 12.0. The van der Waals surface area contributed by atoms with Crippen LogP contribution in [0.3, 0.4) is 0 Å². The first kappa shape index (κ1) is 14.5. The molecule has 0 radical (unpaired) electrons. The highest BCUT2D eigenvalue weighted by molar-refractivity contribution is 5.81. The van der Waals surface area contributed by atoms with Crippen LogP contribution < -0.4 is 10.6 Å². The molecule has 2 N–H and O–H groups in total. The molecule has 1 heterocycles. The van der Waals surface area contributed by atoms with Gasteiger partial charge < -0.3 is 10.6 Å². The Kier molecular flexibility index (Phi) is 5.92. The molecule has 1 amide bonds. The van der Waals surface area contributed by atoms with Crippen molar-refractivity contribution in [1.82, 2.24) is 15.5 Å². The number of nitrogens with one attached hydrogen (secondary N) is 2. The second-order valence-electron chi connectivity index (χ2n) is 5.09. The molecule has 0 bridgehead atoms. The average molecular weight is 241 g/mol. The van der Waals surface area contributed by atoms with Gasteiger partial charge in [-0.3, -0.25) is 9.69 Å². The SMILES string of the molecule is CCC(C)NC(=O)C(C)N1CCC(NC)CC1. The van der Waals surface area contributed by atoms with Gasteiger partial charge in [0.25, 0.3) is 0 Å². The van der Waals surface area contributed by atoms with Crippen molar-refractivity contribution in [3.63, 3.8) is 0 Å². The van der Waals surface area contributed by atoms with Crippen LogP contribution in [0.15, 0.2) is 0 Å². The third-order valence-corrected chi connectivity index (χ3v) is 3.87. The first-order valence-corrected chi connectivity index (χ1v) is 6.80. The van der Waals surface area contributed by atoms with Crippen LogP contribution in [-0.2, 0) is 4.79 Å². The van der Waals surface area contributed by atoms with Gasteiger partial charge in [-0.25, -0.2) is 0 Å². The topological polar surface area (TPSA) is 44.4 Å². The van der Waals surface area contributed by atoms with Gasteiger partial charge in [0.05, 0.1) is 6.04 Å². The summed E-state index contributed by atoms with van der Waals surface area (Å²) in [5.41, 5.74) is 0. The van der Waals surface area contributed by atoms with E-state index in [1.165, 1.54) is 0 Å². The zero-order valence-corrected chi connectivity index (χ0v) is 11.6. The van der Waals surface area contributed by atoms with Crippen LogP contribution in [0.2, 0.25) is 0 Å². The summed E-state index contributed by atoms with van der Waals surface area (Å²) in [5.74, 6) is 0.169. The Bertz CT molecular complexity index is 237. The first-order chi connectivity index (χ1) is 8.08. The summed E-state index contributed by atoms with van der Waals surface area (Å²) in [4.78, 5) is 14.3. The van der Waals surface area contributed by atoms with E-state index >= 15 is 0 Å². The monoisotopic (exact) mass is 241 g/mol. The minimum Gasteiger partial charge on any atom is -0.352 e. The third-order valence-electron chi connectivity index (χ3n) is 3.87. The van der Waals surface area contributed by atoms with Crippen molar-refractivity contribution < 1.29 is 4.79 Å². The van der Waals surface area contributed by atoms with Gasteiger partial charge in [0, 0.05) is 25.2 Å². The second kappa shape index (κ2) is 6.97. The lowest BCUT2D eigenvalue weighted by Gasteiger charge is -2.35. The van der Waals surface area contributed by atoms with E-state index < -0.39 is 0 Å². The van der Waals surface area contributed by atoms with E-state index in [4.69, 9.17) is 0 Å². The van der Waals surface area contributed by atoms with Crippen molar-refractivity contribution in [3.8, 4) is 0 Å². The molecule has 2 unspecified atom stereocenters. The minimum absolute atomic E-state index is 0.00167. The van der Waals surface area contributed by atoms with Crippen LogP contribution >= 0.6 is 0 Å². The highest BCUT2D eigenvalue weighted by Gasteiger charge is 2.26. The normalized spacial score (nSPS) is 22.1. The van der Waals surface area contributed by atoms with Crippen LogP contribution in [0.5, 0.6) is 0 Å². The second-order valence-corrected chi connectivity index (χ2v) is 5.09. The van der Waals surface area contributed by atoms with Crippen LogP contribution in [-0.4, -0.2) is 49.1 Å². The van der Waals surface area contributed by atoms with E-state index in [2.05, 4.69) is 29.4 Å². The van der Waals surface area contributed by atoms with Gasteiger partial charge in [0.2, 0.25) is 5.91 Å². The predicted molar refractivity (Wildman–Crippen MR) is 71.0 cm³/mol. The number of rotatable bonds is 5. The Morgan fingerprint density at radius 3 is 2.41 bits per heavy atom. The molecule has 1 fully saturated rings. The summed E-state index contributed by atoms with van der Waals surface area (Å²) < 4.78 is 0. The van der Waals surface area contributed by atoms with Crippen molar-refractivity contribution in [3.05, 3.63) is 0 Å². The lowest BCUT2D eigenvalue weighted by molar-refractivity contribution is -0.127. The Morgan fingerprint density at radius 1 is 1.35 bits per heavy atom. The average Bonchev–Trinajstić information content (AvgIpc) is 2.37. The van der Waals surface area contributed by atoms with Gasteiger partial charge in [0.1, 0.15) is 0 Å². The van der Waals surface area contributed by atoms with Crippen molar-refractivity contribution >= 4 is 5.91 Å². The molecule has 0 aromatic carbocycles. The molecular formula is C13H27N3O. The molecule has 0 spiro atoms. The van der Waals surface area contributed by atoms with Crippen LogP contribution in [0.4, 0.5) is 0 Å². The molecule has 1 rings (SSSR count). The van der Waals surface area contributed by atoms with Crippen LogP contribution in [0.25, 0.3) is 0 Å². The Balaban J connectivity index is 2.37. The summed E-state index contributed by atoms with van der Waals surface area (Å²) in [5, 5.41) is 6.36. The number of likely N-dealkylation sites (tertiary alicyclic amines) is 1. The summed E-state index contributed by atoms with van der Waals surface area (Å²) in [6.07, 6.45) is 3.26. The van der Waals surface area contributed by atoms with Gasteiger partial charge in [-0.2, -0.15) is 0 Å². The highest BCUT2D eigenvalue weighted by Crippen LogP contribution is 2.13. The van der Waals surface area contributed by atoms with Crippen LogP contribution in [0.1, 0.15) is 40.0 Å². The number of nitrogens with zero attached hydrogens (tertiary/aromatic N) is 1. The largest absolute Gasteiger partial charge is 0.352 e. The number of amides is 1. The van der Waals surface area contributed by atoms with Gasteiger partial charge in [-0.05, 0) is 40.2 Å². The molecule has 4 nitrogen and oxygen atoms in total. The number of hydrogen-bond donors (Lipinski definition) is 2. The molecule has 0 aromatic rings. The Hall–Kier alpha value is -0.610. The fourth-order valence-corrected chi connectivity index (χ4v) is 2.21. The molecule has 17 heavy (non-hydrogen) atoms. The molecule has 1 aliphatic heterocycles. The fourth-order valence-electron chi connectivity index (χ4n) is 2.21. The standard InChI is InChI=1S/C13H27N3O/c1-5-10(2)15-13(17)11(3)16-8-6-12(14-4)7-9-16/h10-12,14H,5-9H2,1-4H3,(H,15,17).